The minimum absolute atomic E-state index is 0.0969. The molecule has 0 aromatic rings. The lowest BCUT2D eigenvalue weighted by atomic mass is 10.2. The first-order valence-electron chi connectivity index (χ1n) is 5.38. The number of amides is 1. The van der Waals surface area contributed by atoms with E-state index in [9.17, 15) is 9.90 Å². The van der Waals surface area contributed by atoms with Crippen molar-refractivity contribution < 1.29 is 19.4 Å². The molecule has 94 valence electrons. The molecule has 0 saturated carbocycles. The second-order valence-corrected chi connectivity index (χ2v) is 3.91. The van der Waals surface area contributed by atoms with Crippen LogP contribution in [0.5, 0.6) is 0 Å². The highest BCUT2D eigenvalue weighted by atomic mass is 16.5. The summed E-state index contributed by atoms with van der Waals surface area (Å²) >= 11 is 0. The van der Waals surface area contributed by atoms with Crippen molar-refractivity contribution >= 4 is 5.91 Å². The van der Waals surface area contributed by atoms with Gasteiger partial charge in [-0.2, -0.15) is 0 Å². The van der Waals surface area contributed by atoms with E-state index in [2.05, 4.69) is 10.6 Å². The van der Waals surface area contributed by atoms with Gasteiger partial charge in [-0.25, -0.2) is 0 Å². The number of hydrogen-bond acceptors (Lipinski definition) is 5. The molecule has 1 rings (SSSR count). The van der Waals surface area contributed by atoms with Gasteiger partial charge in [-0.15, -0.1) is 0 Å². The minimum atomic E-state index is -0.659. The highest BCUT2D eigenvalue weighted by Gasteiger charge is 2.29. The van der Waals surface area contributed by atoms with Gasteiger partial charge in [0.05, 0.1) is 24.9 Å². The monoisotopic (exact) mass is 232 g/mol. The van der Waals surface area contributed by atoms with Crippen LogP contribution in [0.2, 0.25) is 0 Å². The molecule has 0 spiro atoms. The number of carbonyl (C=O) groups excluding carboxylic acids is 1. The molecule has 1 amide bonds. The topological polar surface area (TPSA) is 79.8 Å². The average molecular weight is 232 g/mol. The van der Waals surface area contributed by atoms with Gasteiger partial charge in [-0.05, 0) is 6.42 Å². The van der Waals surface area contributed by atoms with E-state index >= 15 is 0 Å². The predicted octanol–water partition coefficient (Wildman–Crippen LogP) is -1.51. The van der Waals surface area contributed by atoms with Crippen LogP contribution in [-0.4, -0.2) is 63.2 Å². The van der Waals surface area contributed by atoms with Crippen molar-refractivity contribution in [2.24, 2.45) is 0 Å². The van der Waals surface area contributed by atoms with Crippen LogP contribution in [0.4, 0.5) is 0 Å². The van der Waals surface area contributed by atoms with Crippen molar-refractivity contribution in [3.63, 3.8) is 0 Å². The number of aliphatic hydroxyl groups excluding tert-OH is 1. The van der Waals surface area contributed by atoms with Gasteiger partial charge in [0, 0.05) is 27.3 Å². The van der Waals surface area contributed by atoms with Crippen LogP contribution < -0.4 is 10.6 Å². The Morgan fingerprint density at radius 1 is 1.62 bits per heavy atom. The van der Waals surface area contributed by atoms with Gasteiger partial charge in [0.2, 0.25) is 5.91 Å². The molecule has 6 heteroatoms. The molecule has 0 radical (unpaired) electrons. The molecule has 1 aliphatic heterocycles. The second-order valence-electron chi connectivity index (χ2n) is 3.91. The molecule has 0 bridgehead atoms. The number of carbonyl (C=O) groups is 1. The first kappa shape index (κ1) is 13.4. The number of rotatable bonds is 6. The summed E-state index contributed by atoms with van der Waals surface area (Å²) in [5.41, 5.74) is 0. The van der Waals surface area contributed by atoms with Gasteiger partial charge < -0.3 is 25.2 Å². The first-order chi connectivity index (χ1) is 7.67. The Hall–Kier alpha value is -0.690. The molecule has 16 heavy (non-hydrogen) atoms. The number of ether oxygens (including phenoxy) is 2. The molecule has 6 nitrogen and oxygen atoms in total. The Bertz CT molecular complexity index is 225. The van der Waals surface area contributed by atoms with E-state index in [1.807, 2.05) is 0 Å². The quantitative estimate of drug-likeness (QED) is 0.518. The SMILES string of the molecule is COCC(O)CNC(=O)C1CC(OC)CN1. The molecule has 3 atom stereocenters. The van der Waals surface area contributed by atoms with Crippen LogP contribution in [-0.2, 0) is 14.3 Å². The summed E-state index contributed by atoms with van der Waals surface area (Å²) in [6.45, 7) is 1.12. The van der Waals surface area contributed by atoms with Crippen LogP contribution in [0.1, 0.15) is 6.42 Å². The lowest BCUT2D eigenvalue weighted by Crippen LogP contribution is -2.44. The molecular formula is C10H20N2O4. The Morgan fingerprint density at radius 2 is 2.38 bits per heavy atom. The maximum absolute atomic E-state index is 11.6. The van der Waals surface area contributed by atoms with E-state index in [4.69, 9.17) is 9.47 Å². The van der Waals surface area contributed by atoms with Crippen LogP contribution in [0.15, 0.2) is 0 Å². The summed E-state index contributed by atoms with van der Waals surface area (Å²) < 4.78 is 9.90. The minimum Gasteiger partial charge on any atom is -0.389 e. The molecule has 0 aliphatic carbocycles. The lowest BCUT2D eigenvalue weighted by Gasteiger charge is -2.14. The predicted molar refractivity (Wildman–Crippen MR) is 58.1 cm³/mol. The van der Waals surface area contributed by atoms with Gasteiger partial charge in [-0.3, -0.25) is 4.79 Å². The van der Waals surface area contributed by atoms with E-state index in [0.717, 1.165) is 0 Å². The highest BCUT2D eigenvalue weighted by Crippen LogP contribution is 2.09. The van der Waals surface area contributed by atoms with Gasteiger partial charge in [0.25, 0.3) is 0 Å². The zero-order valence-electron chi connectivity index (χ0n) is 9.73. The van der Waals surface area contributed by atoms with E-state index in [0.29, 0.717) is 13.0 Å². The van der Waals surface area contributed by atoms with E-state index < -0.39 is 6.10 Å². The summed E-state index contributed by atoms with van der Waals surface area (Å²) in [6, 6.07) is -0.223. The molecule has 1 saturated heterocycles. The van der Waals surface area contributed by atoms with Crippen LogP contribution in [0.25, 0.3) is 0 Å². The van der Waals surface area contributed by atoms with Gasteiger partial charge in [-0.1, -0.05) is 0 Å². The van der Waals surface area contributed by atoms with Gasteiger partial charge in [0.1, 0.15) is 0 Å². The molecule has 1 fully saturated rings. The fourth-order valence-electron chi connectivity index (χ4n) is 1.68. The highest BCUT2D eigenvalue weighted by molar-refractivity contribution is 5.82. The second kappa shape index (κ2) is 6.80. The number of hydrogen-bond donors (Lipinski definition) is 3. The summed E-state index contributed by atoms with van der Waals surface area (Å²) in [5, 5.41) is 15.1. The third-order valence-electron chi connectivity index (χ3n) is 2.61. The molecule has 3 N–H and O–H groups in total. The normalized spacial score (nSPS) is 26.7. The van der Waals surface area contributed by atoms with Crippen LogP contribution in [0.3, 0.4) is 0 Å². The Kier molecular flexibility index (Phi) is 5.68. The Balaban J connectivity index is 2.20. The summed E-state index contributed by atoms with van der Waals surface area (Å²) in [4.78, 5) is 11.6. The Labute approximate surface area is 95.3 Å². The van der Waals surface area contributed by atoms with Crippen molar-refractivity contribution in [3.05, 3.63) is 0 Å². The van der Waals surface area contributed by atoms with Gasteiger partial charge in [0.15, 0.2) is 0 Å². The fourth-order valence-corrected chi connectivity index (χ4v) is 1.68. The molecular weight excluding hydrogens is 212 g/mol. The average Bonchev–Trinajstić information content (AvgIpc) is 2.75. The molecule has 0 aromatic carbocycles. The van der Waals surface area contributed by atoms with Crippen LogP contribution >= 0.6 is 0 Å². The van der Waals surface area contributed by atoms with Crippen molar-refractivity contribution in [2.75, 3.05) is 33.9 Å². The Morgan fingerprint density at radius 3 is 2.94 bits per heavy atom. The number of methoxy groups -OCH3 is 2. The van der Waals surface area contributed by atoms with Crippen molar-refractivity contribution in [3.8, 4) is 0 Å². The van der Waals surface area contributed by atoms with E-state index in [1.54, 1.807) is 7.11 Å². The van der Waals surface area contributed by atoms with Gasteiger partial charge >= 0.3 is 0 Å². The van der Waals surface area contributed by atoms with E-state index in [1.165, 1.54) is 7.11 Å². The third-order valence-corrected chi connectivity index (χ3v) is 2.61. The summed E-state index contributed by atoms with van der Waals surface area (Å²) in [7, 11) is 3.14. The van der Waals surface area contributed by atoms with Crippen LogP contribution in [0, 0.1) is 0 Å². The standard InChI is InChI=1S/C10H20N2O4/c1-15-6-7(13)4-12-10(14)9-3-8(16-2)5-11-9/h7-9,11,13H,3-6H2,1-2H3,(H,12,14). The molecule has 3 unspecified atom stereocenters. The zero-order chi connectivity index (χ0) is 12.0. The molecule has 0 aromatic heterocycles. The maximum atomic E-state index is 11.6. The zero-order valence-corrected chi connectivity index (χ0v) is 9.73. The maximum Gasteiger partial charge on any atom is 0.237 e. The smallest absolute Gasteiger partial charge is 0.237 e. The van der Waals surface area contributed by atoms with Crippen molar-refractivity contribution in [2.45, 2.75) is 24.7 Å². The molecule has 1 aliphatic rings. The fraction of sp³-hybridized carbons (Fsp3) is 0.900. The van der Waals surface area contributed by atoms with Crippen molar-refractivity contribution in [1.82, 2.24) is 10.6 Å². The van der Waals surface area contributed by atoms with Crippen molar-refractivity contribution in [1.29, 1.82) is 0 Å². The summed E-state index contributed by atoms with van der Waals surface area (Å²) in [5.74, 6) is -0.102. The number of nitrogens with one attached hydrogen (secondary N) is 2. The summed E-state index contributed by atoms with van der Waals surface area (Å²) in [6.07, 6.45) is 0.108. The largest absolute Gasteiger partial charge is 0.389 e. The first-order valence-corrected chi connectivity index (χ1v) is 5.38. The molecule has 1 heterocycles. The third kappa shape index (κ3) is 4.05. The van der Waals surface area contributed by atoms with E-state index in [-0.39, 0.29) is 31.2 Å². The number of aliphatic hydroxyl groups is 1. The lowest BCUT2D eigenvalue weighted by molar-refractivity contribution is -0.123.